The van der Waals surface area contributed by atoms with Gasteiger partial charge in [-0.3, -0.25) is 9.78 Å². The van der Waals surface area contributed by atoms with Crippen LogP contribution >= 0.6 is 0 Å². The second kappa shape index (κ2) is 5.86. The minimum atomic E-state index is -0.00425. The van der Waals surface area contributed by atoms with Crippen molar-refractivity contribution in [2.45, 2.75) is 6.92 Å². The number of carbonyl (C=O) groups excluding carboxylic acids is 1. The average Bonchev–Trinajstić information content (AvgIpc) is 2.35. The van der Waals surface area contributed by atoms with Gasteiger partial charge >= 0.3 is 0 Å². The molecule has 7 heteroatoms. The van der Waals surface area contributed by atoms with Crippen LogP contribution in [0.5, 0.6) is 0 Å². The first-order valence-corrected chi connectivity index (χ1v) is 4.94. The van der Waals surface area contributed by atoms with E-state index < -0.39 is 0 Å². The van der Waals surface area contributed by atoms with Gasteiger partial charge in [-0.25, -0.2) is 10.8 Å². The van der Waals surface area contributed by atoms with Gasteiger partial charge in [0.15, 0.2) is 5.82 Å². The van der Waals surface area contributed by atoms with Crippen LogP contribution in [0.2, 0.25) is 0 Å². The molecular weight excluding hydrogens is 208 g/mol. The van der Waals surface area contributed by atoms with Crippen molar-refractivity contribution < 1.29 is 4.79 Å². The highest BCUT2D eigenvalue weighted by atomic mass is 16.2. The molecule has 16 heavy (non-hydrogen) atoms. The number of aromatic nitrogens is 2. The molecule has 0 fully saturated rings. The molecule has 1 heterocycles. The molecule has 1 aromatic heterocycles. The third-order valence-corrected chi connectivity index (χ3v) is 2.10. The molecule has 0 saturated carbocycles. The van der Waals surface area contributed by atoms with Gasteiger partial charge in [-0.05, 0) is 6.92 Å². The van der Waals surface area contributed by atoms with Gasteiger partial charge in [-0.1, -0.05) is 0 Å². The number of likely N-dealkylation sites (N-methyl/N-ethyl adjacent to an activating group) is 1. The van der Waals surface area contributed by atoms with Gasteiger partial charge in [-0.15, -0.1) is 0 Å². The lowest BCUT2D eigenvalue weighted by Crippen LogP contribution is -2.32. The van der Waals surface area contributed by atoms with Crippen LogP contribution in [0.3, 0.4) is 0 Å². The van der Waals surface area contributed by atoms with Crippen molar-refractivity contribution in [2.75, 3.05) is 30.9 Å². The first kappa shape index (κ1) is 12.2. The highest BCUT2D eigenvalue weighted by Gasteiger charge is 2.06. The van der Waals surface area contributed by atoms with Crippen molar-refractivity contribution in [3.05, 3.63) is 12.4 Å². The number of hydrogen-bond acceptors (Lipinski definition) is 6. The topological polar surface area (TPSA) is 96.2 Å². The second-order valence-corrected chi connectivity index (χ2v) is 3.20. The van der Waals surface area contributed by atoms with Gasteiger partial charge in [0.25, 0.3) is 0 Å². The van der Waals surface area contributed by atoms with Crippen molar-refractivity contribution in [3.8, 4) is 0 Å². The Morgan fingerprint density at radius 1 is 1.50 bits per heavy atom. The Balaban J connectivity index is 2.51. The molecule has 0 bridgehead atoms. The highest BCUT2D eigenvalue weighted by molar-refractivity contribution is 5.80. The van der Waals surface area contributed by atoms with Crippen molar-refractivity contribution in [3.63, 3.8) is 0 Å². The number of hydrogen-bond donors (Lipinski definition) is 3. The van der Waals surface area contributed by atoms with Crippen LogP contribution in [0.15, 0.2) is 12.4 Å². The monoisotopic (exact) mass is 224 g/mol. The zero-order chi connectivity index (χ0) is 12.0. The highest BCUT2D eigenvalue weighted by Crippen LogP contribution is 2.04. The standard InChI is InChI=1S/C9H16N6O/c1-3-15(2)9(16)6-12-7-4-11-5-8(13-7)14-10/h4-5H,3,6,10H2,1-2H3,(H2,12,13,14). The van der Waals surface area contributed by atoms with Gasteiger partial charge in [0.05, 0.1) is 18.9 Å². The fraction of sp³-hybridized carbons (Fsp3) is 0.444. The molecule has 0 aromatic carbocycles. The number of carbonyl (C=O) groups is 1. The van der Waals surface area contributed by atoms with Crippen molar-refractivity contribution in [1.29, 1.82) is 0 Å². The van der Waals surface area contributed by atoms with Gasteiger partial charge in [-0.2, -0.15) is 0 Å². The normalized spacial score (nSPS) is 9.69. The zero-order valence-electron chi connectivity index (χ0n) is 9.40. The number of amides is 1. The maximum Gasteiger partial charge on any atom is 0.241 e. The zero-order valence-corrected chi connectivity index (χ0v) is 9.40. The van der Waals surface area contributed by atoms with E-state index in [4.69, 9.17) is 5.84 Å². The number of rotatable bonds is 5. The van der Waals surface area contributed by atoms with Crippen LogP contribution in [0, 0.1) is 0 Å². The minimum absolute atomic E-state index is 0.00425. The first-order chi connectivity index (χ1) is 7.67. The Morgan fingerprint density at radius 2 is 2.19 bits per heavy atom. The van der Waals surface area contributed by atoms with Gasteiger partial charge < -0.3 is 15.6 Å². The van der Waals surface area contributed by atoms with Gasteiger partial charge in [0.2, 0.25) is 5.91 Å². The number of hydrazine groups is 1. The van der Waals surface area contributed by atoms with Gasteiger partial charge in [0.1, 0.15) is 5.82 Å². The van der Waals surface area contributed by atoms with Crippen LogP contribution in [-0.4, -0.2) is 40.9 Å². The molecule has 0 unspecified atom stereocenters. The third-order valence-electron chi connectivity index (χ3n) is 2.10. The molecule has 88 valence electrons. The number of nitrogens with zero attached hydrogens (tertiary/aromatic N) is 3. The molecule has 1 aromatic rings. The predicted molar refractivity (Wildman–Crippen MR) is 61.6 cm³/mol. The molecule has 0 spiro atoms. The summed E-state index contributed by atoms with van der Waals surface area (Å²) >= 11 is 0. The molecule has 0 radical (unpaired) electrons. The van der Waals surface area contributed by atoms with Crippen molar-refractivity contribution >= 4 is 17.5 Å². The fourth-order valence-electron chi connectivity index (χ4n) is 0.998. The number of anilines is 2. The summed E-state index contributed by atoms with van der Waals surface area (Å²) in [6.45, 7) is 2.78. The SMILES string of the molecule is CCN(C)C(=O)CNc1cncc(NN)n1. The summed E-state index contributed by atoms with van der Waals surface area (Å²) in [7, 11) is 1.74. The van der Waals surface area contributed by atoms with Crippen LogP contribution in [0.4, 0.5) is 11.6 Å². The lowest BCUT2D eigenvalue weighted by molar-refractivity contribution is -0.127. The molecule has 7 nitrogen and oxygen atoms in total. The van der Waals surface area contributed by atoms with Gasteiger partial charge in [0, 0.05) is 13.6 Å². The third kappa shape index (κ3) is 3.35. The van der Waals surface area contributed by atoms with Crippen molar-refractivity contribution in [1.82, 2.24) is 14.9 Å². The van der Waals surface area contributed by atoms with E-state index in [1.165, 1.54) is 12.4 Å². The summed E-state index contributed by atoms with van der Waals surface area (Å²) in [5, 5.41) is 2.87. The summed E-state index contributed by atoms with van der Waals surface area (Å²) in [4.78, 5) is 21.1. The van der Waals surface area contributed by atoms with E-state index in [1.807, 2.05) is 6.92 Å². The van der Waals surface area contributed by atoms with E-state index in [0.717, 1.165) is 0 Å². The molecular formula is C9H16N6O. The second-order valence-electron chi connectivity index (χ2n) is 3.20. The maximum absolute atomic E-state index is 11.5. The molecule has 1 amide bonds. The number of nitrogens with two attached hydrogens (primary N) is 1. The lowest BCUT2D eigenvalue weighted by atomic mass is 10.5. The van der Waals surface area contributed by atoms with Crippen LogP contribution < -0.4 is 16.6 Å². The Labute approximate surface area is 94.0 Å². The molecule has 0 aliphatic heterocycles. The molecule has 0 saturated heterocycles. The van der Waals surface area contributed by atoms with Crippen LogP contribution in [-0.2, 0) is 4.79 Å². The van der Waals surface area contributed by atoms with E-state index >= 15 is 0 Å². The Hall–Kier alpha value is -1.89. The van der Waals surface area contributed by atoms with E-state index in [9.17, 15) is 4.79 Å². The Kier molecular flexibility index (Phi) is 4.46. The Morgan fingerprint density at radius 3 is 2.81 bits per heavy atom. The van der Waals surface area contributed by atoms with Crippen LogP contribution in [0.25, 0.3) is 0 Å². The molecule has 4 N–H and O–H groups in total. The summed E-state index contributed by atoms with van der Waals surface area (Å²) in [5.41, 5.74) is 2.38. The van der Waals surface area contributed by atoms with Crippen LogP contribution in [0.1, 0.15) is 6.92 Å². The van der Waals surface area contributed by atoms with Crippen molar-refractivity contribution in [2.24, 2.45) is 5.84 Å². The summed E-state index contributed by atoms with van der Waals surface area (Å²) in [5.74, 6) is 6.14. The van der Waals surface area contributed by atoms with E-state index in [1.54, 1.807) is 11.9 Å². The van der Waals surface area contributed by atoms with E-state index in [0.29, 0.717) is 18.2 Å². The Bertz CT molecular complexity index is 356. The molecule has 0 aliphatic carbocycles. The fourth-order valence-corrected chi connectivity index (χ4v) is 0.998. The predicted octanol–water partition coefficient (Wildman–Crippen LogP) is -0.348. The van der Waals surface area contributed by atoms with E-state index in [-0.39, 0.29) is 12.5 Å². The smallest absolute Gasteiger partial charge is 0.241 e. The molecule has 0 atom stereocenters. The summed E-state index contributed by atoms with van der Waals surface area (Å²) in [6, 6.07) is 0. The largest absolute Gasteiger partial charge is 0.360 e. The minimum Gasteiger partial charge on any atom is -0.360 e. The number of nitrogen functional groups attached to an aromatic ring is 1. The van der Waals surface area contributed by atoms with E-state index in [2.05, 4.69) is 20.7 Å². The molecule has 0 aliphatic rings. The quantitative estimate of drug-likeness (QED) is 0.467. The average molecular weight is 224 g/mol. The molecule has 1 rings (SSSR count). The number of nitrogens with one attached hydrogen (secondary N) is 2. The summed E-state index contributed by atoms with van der Waals surface area (Å²) in [6.07, 6.45) is 3.02. The summed E-state index contributed by atoms with van der Waals surface area (Å²) < 4.78 is 0. The lowest BCUT2D eigenvalue weighted by Gasteiger charge is -2.14. The first-order valence-electron chi connectivity index (χ1n) is 4.94. The maximum atomic E-state index is 11.5.